The van der Waals surface area contributed by atoms with Crippen molar-refractivity contribution in [3.8, 4) is 0 Å². The van der Waals surface area contributed by atoms with Crippen molar-refractivity contribution in [3.05, 3.63) is 71.8 Å². The zero-order valence-corrected chi connectivity index (χ0v) is 16.3. The summed E-state index contributed by atoms with van der Waals surface area (Å²) < 4.78 is 23.2. The molecule has 8 heteroatoms. The Balaban J connectivity index is 1.61. The lowest BCUT2D eigenvalue weighted by Gasteiger charge is -2.47. The normalized spacial score (nSPS) is 30.7. The Morgan fingerprint density at radius 2 is 1.70 bits per heavy atom. The molecule has 30 heavy (non-hydrogen) atoms. The highest BCUT2D eigenvalue weighted by atomic mass is 16.7. The number of ether oxygens (including phenoxy) is 4. The molecule has 2 aromatic carbocycles. The molecule has 2 fully saturated rings. The van der Waals surface area contributed by atoms with E-state index in [-0.39, 0.29) is 6.61 Å². The van der Waals surface area contributed by atoms with E-state index in [1.165, 1.54) is 6.92 Å². The average Bonchev–Trinajstić information content (AvgIpc) is 2.77. The van der Waals surface area contributed by atoms with Crippen molar-refractivity contribution in [3.63, 3.8) is 0 Å². The Hall–Kier alpha value is -2.78. The number of hydrogen-bond donors (Lipinski definition) is 2. The topological polar surface area (TPSA) is 103 Å². The monoisotopic (exact) mass is 413 g/mol. The van der Waals surface area contributed by atoms with Crippen molar-refractivity contribution in [1.29, 1.82) is 0 Å². The highest BCUT2D eigenvalue weighted by Gasteiger charge is 2.52. The molecule has 2 aliphatic heterocycles. The van der Waals surface area contributed by atoms with Gasteiger partial charge in [-0.3, -0.25) is 4.79 Å². The number of aliphatic hydroxyl groups excluding tert-OH is 1. The number of rotatable bonds is 4. The van der Waals surface area contributed by atoms with Gasteiger partial charge in [0.2, 0.25) is 5.91 Å². The molecule has 2 heterocycles. The lowest BCUT2D eigenvalue weighted by Crippen LogP contribution is -2.67. The quantitative estimate of drug-likeness (QED) is 0.733. The molecule has 2 saturated heterocycles. The maximum absolute atomic E-state index is 12.7. The molecule has 6 atom stereocenters. The van der Waals surface area contributed by atoms with Crippen LogP contribution in [0.3, 0.4) is 0 Å². The van der Waals surface area contributed by atoms with E-state index in [0.29, 0.717) is 5.56 Å². The molecule has 0 radical (unpaired) electrons. The fraction of sp³-hybridized carbons (Fsp3) is 0.364. The molecule has 4 rings (SSSR count). The molecule has 2 aliphatic rings. The Bertz CT molecular complexity index is 876. The van der Waals surface area contributed by atoms with Gasteiger partial charge in [-0.2, -0.15) is 0 Å². The summed E-state index contributed by atoms with van der Waals surface area (Å²) in [6.07, 6.45) is -4.48. The van der Waals surface area contributed by atoms with Gasteiger partial charge in [0.25, 0.3) is 0 Å². The van der Waals surface area contributed by atoms with Gasteiger partial charge in [-0.15, -0.1) is 0 Å². The summed E-state index contributed by atoms with van der Waals surface area (Å²) in [6.45, 7) is 1.44. The standard InChI is InChI=1S/C22H23NO7/c1-13(24)23-17-19(29-20(25)14-8-4-2-5-9-14)18-16(28-21(17)26)12-27-22(30-18)15-10-6-3-7-11-15/h2-11,16-19,21-22,26H,12H2,1H3,(H,23,24)/t16?,17?,18-,19+,21?,22?/m1/s1. The molecule has 0 aromatic heterocycles. The van der Waals surface area contributed by atoms with Gasteiger partial charge in [-0.25, -0.2) is 4.79 Å². The number of hydrogen-bond acceptors (Lipinski definition) is 7. The first-order chi connectivity index (χ1) is 14.5. The molecule has 1 amide bonds. The van der Waals surface area contributed by atoms with Crippen LogP contribution >= 0.6 is 0 Å². The molecule has 0 saturated carbocycles. The lowest BCUT2D eigenvalue weighted by molar-refractivity contribution is -0.337. The van der Waals surface area contributed by atoms with Crippen LogP contribution in [0, 0.1) is 0 Å². The smallest absolute Gasteiger partial charge is 0.338 e. The largest absolute Gasteiger partial charge is 0.453 e. The SMILES string of the molecule is CC(=O)NC1C(O)OC2COC(c3ccccc3)O[C@H]2[C@H]1OC(=O)c1ccccc1. The van der Waals surface area contributed by atoms with Crippen LogP contribution in [0.2, 0.25) is 0 Å². The summed E-state index contributed by atoms with van der Waals surface area (Å²) in [5.41, 5.74) is 1.15. The van der Waals surface area contributed by atoms with E-state index >= 15 is 0 Å². The first kappa shape index (κ1) is 20.5. The Morgan fingerprint density at radius 1 is 1.03 bits per heavy atom. The third kappa shape index (κ3) is 4.36. The highest BCUT2D eigenvalue weighted by molar-refractivity contribution is 5.89. The average molecular weight is 413 g/mol. The van der Waals surface area contributed by atoms with Crippen LogP contribution in [-0.4, -0.2) is 54.2 Å². The van der Waals surface area contributed by atoms with E-state index in [0.717, 1.165) is 5.56 Å². The molecule has 0 aliphatic carbocycles. The number of esters is 1. The maximum Gasteiger partial charge on any atom is 0.338 e. The van der Waals surface area contributed by atoms with Gasteiger partial charge in [0.05, 0.1) is 12.2 Å². The predicted octanol–water partition coefficient (Wildman–Crippen LogP) is 1.55. The maximum atomic E-state index is 12.7. The van der Waals surface area contributed by atoms with Gasteiger partial charge in [0.15, 0.2) is 18.7 Å². The lowest BCUT2D eigenvalue weighted by atomic mass is 9.95. The second-order valence-corrected chi connectivity index (χ2v) is 7.20. The van der Waals surface area contributed by atoms with Crippen molar-refractivity contribution < 1.29 is 33.6 Å². The molecular weight excluding hydrogens is 390 g/mol. The van der Waals surface area contributed by atoms with E-state index in [1.54, 1.807) is 30.3 Å². The van der Waals surface area contributed by atoms with Crippen molar-refractivity contribution >= 4 is 11.9 Å². The van der Waals surface area contributed by atoms with Crippen LogP contribution in [0.15, 0.2) is 60.7 Å². The highest BCUT2D eigenvalue weighted by Crippen LogP contribution is 2.35. The van der Waals surface area contributed by atoms with Gasteiger partial charge in [0.1, 0.15) is 18.2 Å². The zero-order chi connectivity index (χ0) is 21.1. The van der Waals surface area contributed by atoms with Crippen LogP contribution in [0.4, 0.5) is 0 Å². The summed E-state index contributed by atoms with van der Waals surface area (Å²) in [7, 11) is 0. The molecule has 4 unspecified atom stereocenters. The summed E-state index contributed by atoms with van der Waals surface area (Å²) in [4.78, 5) is 24.5. The van der Waals surface area contributed by atoms with E-state index in [9.17, 15) is 14.7 Å². The minimum Gasteiger partial charge on any atom is -0.453 e. The van der Waals surface area contributed by atoms with Crippen LogP contribution in [-0.2, 0) is 23.7 Å². The number of carbonyl (C=O) groups is 2. The fourth-order valence-corrected chi connectivity index (χ4v) is 3.66. The van der Waals surface area contributed by atoms with Crippen molar-refractivity contribution in [2.45, 2.75) is 43.9 Å². The second-order valence-electron chi connectivity index (χ2n) is 7.20. The number of fused-ring (bicyclic) bond motifs is 1. The van der Waals surface area contributed by atoms with Gasteiger partial charge >= 0.3 is 5.97 Å². The fourth-order valence-electron chi connectivity index (χ4n) is 3.66. The Labute approximate surface area is 173 Å². The number of carbonyl (C=O) groups excluding carboxylic acids is 2. The summed E-state index contributed by atoms with van der Waals surface area (Å²) in [5.74, 6) is -0.983. The van der Waals surface area contributed by atoms with Crippen LogP contribution in [0.1, 0.15) is 29.1 Å². The molecule has 0 bridgehead atoms. The first-order valence-electron chi connectivity index (χ1n) is 9.71. The van der Waals surface area contributed by atoms with Crippen LogP contribution in [0.25, 0.3) is 0 Å². The number of amides is 1. The van der Waals surface area contributed by atoms with Crippen molar-refractivity contribution in [1.82, 2.24) is 5.32 Å². The third-order valence-electron chi connectivity index (χ3n) is 5.05. The van der Waals surface area contributed by atoms with Gasteiger partial charge < -0.3 is 29.4 Å². The van der Waals surface area contributed by atoms with E-state index in [1.807, 2.05) is 30.3 Å². The predicted molar refractivity (Wildman–Crippen MR) is 104 cm³/mol. The number of aliphatic hydroxyl groups is 1. The van der Waals surface area contributed by atoms with E-state index < -0.39 is 48.8 Å². The minimum atomic E-state index is -1.39. The molecule has 8 nitrogen and oxygen atoms in total. The van der Waals surface area contributed by atoms with Gasteiger partial charge in [-0.1, -0.05) is 48.5 Å². The number of nitrogens with one attached hydrogen (secondary N) is 1. The van der Waals surface area contributed by atoms with Crippen LogP contribution < -0.4 is 5.32 Å². The van der Waals surface area contributed by atoms with E-state index in [4.69, 9.17) is 18.9 Å². The molecule has 2 aromatic rings. The second kappa shape index (κ2) is 8.93. The third-order valence-corrected chi connectivity index (χ3v) is 5.05. The van der Waals surface area contributed by atoms with Gasteiger partial charge in [-0.05, 0) is 12.1 Å². The molecule has 2 N–H and O–H groups in total. The Morgan fingerprint density at radius 3 is 2.37 bits per heavy atom. The summed E-state index contributed by atoms with van der Waals surface area (Å²) in [6, 6.07) is 16.8. The minimum absolute atomic E-state index is 0.132. The summed E-state index contributed by atoms with van der Waals surface area (Å²) in [5, 5.41) is 13.1. The van der Waals surface area contributed by atoms with Gasteiger partial charge in [0, 0.05) is 12.5 Å². The van der Waals surface area contributed by atoms with Crippen molar-refractivity contribution in [2.75, 3.05) is 6.61 Å². The molecular formula is C22H23NO7. The molecule has 158 valence electrons. The van der Waals surface area contributed by atoms with Crippen LogP contribution in [0.5, 0.6) is 0 Å². The van der Waals surface area contributed by atoms with E-state index in [2.05, 4.69) is 5.32 Å². The van der Waals surface area contributed by atoms with Crippen molar-refractivity contribution in [2.24, 2.45) is 0 Å². The zero-order valence-electron chi connectivity index (χ0n) is 16.3. The molecule has 0 spiro atoms. The Kier molecular flexibility index (Phi) is 6.10. The first-order valence-corrected chi connectivity index (χ1v) is 9.71. The summed E-state index contributed by atoms with van der Waals surface area (Å²) >= 11 is 0. The number of benzene rings is 2.